The lowest BCUT2D eigenvalue weighted by Crippen LogP contribution is -2.49. The number of carbonyl (C=O) groups is 1. The van der Waals surface area contributed by atoms with Crippen LogP contribution in [0.15, 0.2) is 54.6 Å². The topological polar surface area (TPSA) is 92.1 Å². The van der Waals surface area contributed by atoms with Crippen molar-refractivity contribution in [3.63, 3.8) is 0 Å². The van der Waals surface area contributed by atoms with Gasteiger partial charge in [0.15, 0.2) is 0 Å². The van der Waals surface area contributed by atoms with Gasteiger partial charge in [-0.1, -0.05) is 44.2 Å². The maximum Gasteiger partial charge on any atom is 0.319 e. The molecular weight excluding hydrogens is 374 g/mol. The van der Waals surface area contributed by atoms with E-state index < -0.39 is 0 Å². The minimum Gasteiger partial charge on any atom is -0.398 e. The number of nitrogen functional groups attached to an aromatic ring is 1. The Hall–Kier alpha value is -3.12. The zero-order chi connectivity index (χ0) is 21.1. The highest BCUT2D eigenvalue weighted by Gasteiger charge is 2.27. The Bertz CT molecular complexity index is 1030. The van der Waals surface area contributed by atoms with Crippen molar-refractivity contribution in [2.24, 2.45) is 0 Å². The molecule has 1 aliphatic rings. The lowest BCUT2D eigenvalue weighted by atomic mass is 9.92. The molecule has 0 spiro atoms. The summed E-state index contributed by atoms with van der Waals surface area (Å²) in [5.41, 5.74) is 10.6. The van der Waals surface area contributed by atoms with Gasteiger partial charge in [0.25, 0.3) is 0 Å². The van der Waals surface area contributed by atoms with Crippen LogP contribution >= 0.6 is 0 Å². The van der Waals surface area contributed by atoms with Gasteiger partial charge >= 0.3 is 6.03 Å². The van der Waals surface area contributed by atoms with Crippen LogP contribution in [0, 0.1) is 0 Å². The lowest BCUT2D eigenvalue weighted by molar-refractivity contribution is 0.237. The van der Waals surface area contributed by atoms with Crippen molar-refractivity contribution in [1.82, 2.24) is 15.6 Å². The molecule has 2 heterocycles. The number of benzene rings is 2. The van der Waals surface area contributed by atoms with E-state index in [-0.39, 0.29) is 18.1 Å². The molecule has 0 radical (unpaired) electrons. The largest absolute Gasteiger partial charge is 0.398 e. The second-order valence-corrected chi connectivity index (χ2v) is 8.21. The summed E-state index contributed by atoms with van der Waals surface area (Å²) >= 11 is 0. The zero-order valence-corrected chi connectivity index (χ0v) is 17.5. The molecule has 30 heavy (non-hydrogen) atoms. The summed E-state index contributed by atoms with van der Waals surface area (Å²) in [6.07, 6.45) is 1.97. The van der Waals surface area contributed by atoms with Crippen LogP contribution in [0.25, 0.3) is 10.9 Å². The molecule has 0 saturated carbocycles. The molecule has 1 aromatic heterocycles. The van der Waals surface area contributed by atoms with E-state index in [0.29, 0.717) is 17.3 Å². The molecule has 5 N–H and O–H groups in total. The molecule has 6 nitrogen and oxygen atoms in total. The Kier molecular flexibility index (Phi) is 5.86. The molecule has 2 unspecified atom stereocenters. The fourth-order valence-electron chi connectivity index (χ4n) is 4.04. The van der Waals surface area contributed by atoms with Crippen molar-refractivity contribution >= 4 is 28.3 Å². The van der Waals surface area contributed by atoms with Gasteiger partial charge in [-0.15, -0.1) is 0 Å². The number of nitrogens with zero attached hydrogens (tertiary/aromatic N) is 1. The molecule has 1 saturated heterocycles. The number of piperidine rings is 1. The monoisotopic (exact) mass is 403 g/mol. The SMILES string of the molecule is CC(C)c1cc(N)c2cc(NC(=O)NC3CCCNC3c3ccccc3)ccc2n1. The smallest absolute Gasteiger partial charge is 0.319 e. The summed E-state index contributed by atoms with van der Waals surface area (Å²) in [6.45, 7) is 5.14. The minimum absolute atomic E-state index is 0.0296. The number of hydrogen-bond donors (Lipinski definition) is 4. The minimum atomic E-state index is -0.214. The van der Waals surface area contributed by atoms with Gasteiger partial charge in [0.2, 0.25) is 0 Å². The van der Waals surface area contributed by atoms with Gasteiger partial charge in [-0.3, -0.25) is 4.98 Å². The van der Waals surface area contributed by atoms with Crippen molar-refractivity contribution in [2.75, 3.05) is 17.6 Å². The Labute approximate surface area is 177 Å². The van der Waals surface area contributed by atoms with Crippen LogP contribution in [-0.2, 0) is 0 Å². The Morgan fingerprint density at radius 3 is 2.73 bits per heavy atom. The number of anilines is 2. The van der Waals surface area contributed by atoms with E-state index in [4.69, 9.17) is 5.73 Å². The lowest BCUT2D eigenvalue weighted by Gasteiger charge is -2.33. The molecular formula is C24H29N5O. The maximum absolute atomic E-state index is 12.7. The number of pyridine rings is 1. The van der Waals surface area contributed by atoms with Gasteiger partial charge in [-0.25, -0.2) is 4.79 Å². The van der Waals surface area contributed by atoms with Gasteiger partial charge in [0.05, 0.1) is 17.6 Å². The molecule has 1 aliphatic heterocycles. The number of rotatable bonds is 4. The van der Waals surface area contributed by atoms with Crippen LogP contribution in [0.2, 0.25) is 0 Å². The number of nitrogens with two attached hydrogens (primary N) is 1. The van der Waals surface area contributed by atoms with Gasteiger partial charge in [0.1, 0.15) is 0 Å². The normalized spacial score (nSPS) is 19.0. The van der Waals surface area contributed by atoms with Crippen LogP contribution in [0.5, 0.6) is 0 Å². The molecule has 1 fully saturated rings. The Balaban J connectivity index is 1.48. The number of hydrogen-bond acceptors (Lipinski definition) is 4. The van der Waals surface area contributed by atoms with Crippen LogP contribution in [-0.4, -0.2) is 23.6 Å². The number of carbonyl (C=O) groups excluding carboxylic acids is 1. The fraction of sp³-hybridized carbons (Fsp3) is 0.333. The van der Waals surface area contributed by atoms with Gasteiger partial charge in [0, 0.05) is 22.5 Å². The van der Waals surface area contributed by atoms with Crippen molar-refractivity contribution in [1.29, 1.82) is 0 Å². The van der Waals surface area contributed by atoms with Crippen LogP contribution in [0.4, 0.5) is 16.2 Å². The van der Waals surface area contributed by atoms with E-state index in [9.17, 15) is 4.79 Å². The highest BCUT2D eigenvalue weighted by atomic mass is 16.2. The highest BCUT2D eigenvalue weighted by Crippen LogP contribution is 2.27. The number of nitrogens with one attached hydrogen (secondary N) is 3. The molecule has 4 rings (SSSR count). The quantitative estimate of drug-likeness (QED) is 0.514. The summed E-state index contributed by atoms with van der Waals surface area (Å²) in [4.78, 5) is 17.4. The Morgan fingerprint density at radius 1 is 1.17 bits per heavy atom. The number of amides is 2. The first-order valence-electron chi connectivity index (χ1n) is 10.6. The second kappa shape index (κ2) is 8.71. The molecule has 3 aromatic rings. The van der Waals surface area contributed by atoms with Crippen LogP contribution < -0.4 is 21.7 Å². The van der Waals surface area contributed by atoms with Gasteiger partial charge < -0.3 is 21.7 Å². The van der Waals surface area contributed by atoms with E-state index in [1.54, 1.807) is 0 Å². The molecule has 2 atom stereocenters. The third-order valence-electron chi connectivity index (χ3n) is 5.64. The predicted octanol–water partition coefficient (Wildman–Crippen LogP) is 4.56. The van der Waals surface area contributed by atoms with E-state index >= 15 is 0 Å². The highest BCUT2D eigenvalue weighted by molar-refractivity contribution is 5.96. The molecule has 2 aromatic carbocycles. The number of urea groups is 1. The van der Waals surface area contributed by atoms with Crippen molar-refractivity contribution in [3.8, 4) is 0 Å². The van der Waals surface area contributed by atoms with Crippen LogP contribution in [0.3, 0.4) is 0 Å². The second-order valence-electron chi connectivity index (χ2n) is 8.21. The van der Waals surface area contributed by atoms with E-state index in [0.717, 1.165) is 36.0 Å². The third kappa shape index (κ3) is 4.39. The molecule has 2 amide bonds. The van der Waals surface area contributed by atoms with Crippen molar-refractivity contribution in [3.05, 3.63) is 65.9 Å². The average Bonchev–Trinajstić information content (AvgIpc) is 2.75. The standard InChI is InChI=1S/C24H29N5O/c1-15(2)22-14-19(25)18-13-17(10-11-20(18)28-22)27-24(30)29-21-9-6-12-26-23(21)16-7-4-3-5-8-16/h3-5,7-8,10-11,13-15,21,23,26H,6,9,12H2,1-2H3,(H2,25,28)(H2,27,29,30). The molecule has 0 aliphatic carbocycles. The number of fused-ring (bicyclic) bond motifs is 1. The van der Waals surface area contributed by atoms with E-state index in [1.807, 2.05) is 42.5 Å². The third-order valence-corrected chi connectivity index (χ3v) is 5.64. The zero-order valence-electron chi connectivity index (χ0n) is 17.5. The molecule has 0 bridgehead atoms. The summed E-state index contributed by atoms with van der Waals surface area (Å²) in [5, 5.41) is 10.5. The first-order valence-corrected chi connectivity index (χ1v) is 10.6. The summed E-state index contributed by atoms with van der Waals surface area (Å²) in [6, 6.07) is 17.7. The molecule has 156 valence electrons. The molecule has 6 heteroatoms. The first-order chi connectivity index (χ1) is 14.5. The van der Waals surface area contributed by atoms with Crippen molar-refractivity contribution < 1.29 is 4.79 Å². The van der Waals surface area contributed by atoms with Crippen LogP contribution in [0.1, 0.15) is 49.9 Å². The average molecular weight is 404 g/mol. The number of aromatic nitrogens is 1. The van der Waals surface area contributed by atoms with E-state index in [2.05, 4.69) is 46.9 Å². The maximum atomic E-state index is 12.7. The van der Waals surface area contributed by atoms with Gasteiger partial charge in [-0.2, -0.15) is 0 Å². The summed E-state index contributed by atoms with van der Waals surface area (Å²) in [5.74, 6) is 0.307. The van der Waals surface area contributed by atoms with Gasteiger partial charge in [-0.05, 0) is 55.1 Å². The Morgan fingerprint density at radius 2 is 1.97 bits per heavy atom. The first kappa shape index (κ1) is 20.2. The predicted molar refractivity (Wildman–Crippen MR) is 123 cm³/mol. The fourth-order valence-corrected chi connectivity index (χ4v) is 4.04. The summed E-state index contributed by atoms with van der Waals surface area (Å²) < 4.78 is 0. The summed E-state index contributed by atoms with van der Waals surface area (Å²) in [7, 11) is 0. The van der Waals surface area contributed by atoms with Crippen molar-refractivity contribution in [2.45, 2.75) is 44.7 Å². The van der Waals surface area contributed by atoms with E-state index in [1.165, 1.54) is 5.56 Å².